The van der Waals surface area contributed by atoms with Gasteiger partial charge in [0.15, 0.2) is 5.75 Å². The molecule has 1 rings (SSSR count). The monoisotopic (exact) mass is 240 g/mol. The van der Waals surface area contributed by atoms with Crippen LogP contribution in [0.15, 0.2) is 17.1 Å². The molecule has 1 heterocycles. The fraction of sp³-hybridized carbons (Fsp3) is 0.583. The van der Waals surface area contributed by atoms with E-state index in [-0.39, 0.29) is 17.8 Å². The Morgan fingerprint density at radius 3 is 2.76 bits per heavy atom. The molecule has 2 N–H and O–H groups in total. The summed E-state index contributed by atoms with van der Waals surface area (Å²) in [6.45, 7) is 4.02. The third-order valence-electron chi connectivity index (χ3n) is 2.58. The van der Waals surface area contributed by atoms with Crippen molar-refractivity contribution in [3.63, 3.8) is 0 Å². The van der Waals surface area contributed by atoms with E-state index in [1.54, 1.807) is 0 Å². The van der Waals surface area contributed by atoms with Crippen molar-refractivity contribution in [1.29, 1.82) is 0 Å². The second-order valence-electron chi connectivity index (χ2n) is 4.17. The first-order chi connectivity index (χ1) is 8.08. The number of hydrogen-bond acceptors (Lipinski definition) is 4. The van der Waals surface area contributed by atoms with Gasteiger partial charge in [-0.25, -0.2) is 0 Å². The molecule has 0 unspecified atom stereocenters. The topological polar surface area (TPSA) is 65.7 Å². The molecule has 0 fully saturated rings. The van der Waals surface area contributed by atoms with E-state index in [1.165, 1.54) is 12.3 Å². The molecule has 1 aromatic rings. The van der Waals surface area contributed by atoms with E-state index >= 15 is 0 Å². The molecule has 0 bridgehead atoms. The highest BCUT2D eigenvalue weighted by molar-refractivity contribution is 5.20. The van der Waals surface area contributed by atoms with Gasteiger partial charge in [-0.3, -0.25) is 9.69 Å². The number of aliphatic hydroxyl groups excluding tert-OH is 1. The van der Waals surface area contributed by atoms with Crippen LogP contribution in [0.5, 0.6) is 5.75 Å². The highest BCUT2D eigenvalue weighted by atomic mass is 16.3. The van der Waals surface area contributed by atoms with Crippen molar-refractivity contribution in [2.45, 2.75) is 26.4 Å². The van der Waals surface area contributed by atoms with Gasteiger partial charge < -0.3 is 14.8 Å². The average Bonchev–Trinajstić information content (AvgIpc) is 2.26. The quantitative estimate of drug-likeness (QED) is 0.755. The molecule has 96 valence electrons. The van der Waals surface area contributed by atoms with Crippen LogP contribution in [0.2, 0.25) is 0 Å². The van der Waals surface area contributed by atoms with Gasteiger partial charge in [0.05, 0.1) is 12.8 Å². The summed E-state index contributed by atoms with van der Waals surface area (Å²) < 4.78 is 1.88. The second-order valence-corrected chi connectivity index (χ2v) is 4.17. The van der Waals surface area contributed by atoms with Crippen molar-refractivity contribution in [2.24, 2.45) is 0 Å². The molecule has 0 atom stereocenters. The summed E-state index contributed by atoms with van der Waals surface area (Å²) in [6, 6.07) is 1.46. The lowest BCUT2D eigenvalue weighted by molar-refractivity contribution is 0.214. The van der Waals surface area contributed by atoms with E-state index in [0.29, 0.717) is 13.1 Å². The first-order valence-corrected chi connectivity index (χ1v) is 5.80. The van der Waals surface area contributed by atoms with E-state index in [4.69, 9.17) is 5.11 Å². The zero-order valence-corrected chi connectivity index (χ0v) is 10.4. The Balaban J connectivity index is 2.95. The number of aliphatic hydroxyl groups is 1. The minimum Gasteiger partial charge on any atom is -0.503 e. The van der Waals surface area contributed by atoms with Gasteiger partial charge in [0, 0.05) is 31.4 Å². The van der Waals surface area contributed by atoms with E-state index in [0.717, 1.165) is 18.7 Å². The Morgan fingerprint density at radius 1 is 1.47 bits per heavy atom. The molecule has 1 aromatic heterocycles. The van der Waals surface area contributed by atoms with Crippen molar-refractivity contribution < 1.29 is 10.2 Å². The molecular weight excluding hydrogens is 220 g/mol. The molecular formula is C12H20N2O3. The van der Waals surface area contributed by atoms with E-state index < -0.39 is 0 Å². The van der Waals surface area contributed by atoms with Gasteiger partial charge in [0.25, 0.3) is 0 Å². The summed E-state index contributed by atoms with van der Waals surface area (Å²) >= 11 is 0. The minimum atomic E-state index is -0.357. The van der Waals surface area contributed by atoms with Crippen molar-refractivity contribution >= 4 is 0 Å². The fourth-order valence-electron chi connectivity index (χ4n) is 1.71. The van der Waals surface area contributed by atoms with Gasteiger partial charge in [-0.2, -0.15) is 0 Å². The van der Waals surface area contributed by atoms with Crippen LogP contribution in [0.1, 0.15) is 19.0 Å². The van der Waals surface area contributed by atoms with Crippen LogP contribution in [-0.4, -0.2) is 39.9 Å². The summed E-state index contributed by atoms with van der Waals surface area (Å²) in [5.41, 5.74) is 0.496. The third-order valence-corrected chi connectivity index (χ3v) is 2.58. The Morgan fingerprint density at radius 2 is 2.18 bits per heavy atom. The van der Waals surface area contributed by atoms with Crippen LogP contribution in [0.3, 0.4) is 0 Å². The van der Waals surface area contributed by atoms with Crippen molar-refractivity contribution in [3.05, 3.63) is 28.2 Å². The zero-order valence-electron chi connectivity index (χ0n) is 10.4. The van der Waals surface area contributed by atoms with Crippen LogP contribution in [0.4, 0.5) is 0 Å². The summed E-state index contributed by atoms with van der Waals surface area (Å²) in [5, 5.41) is 18.2. The summed E-state index contributed by atoms with van der Waals surface area (Å²) in [7, 11) is 1.88. The predicted molar refractivity (Wildman–Crippen MR) is 66.1 cm³/mol. The van der Waals surface area contributed by atoms with Crippen LogP contribution in [-0.2, 0) is 13.1 Å². The Bertz CT molecular complexity index is 415. The molecule has 0 aliphatic rings. The molecule has 0 aliphatic carbocycles. The Hall–Kier alpha value is -1.33. The standard InChI is InChI=1S/C12H20N2O3/c1-3-4-14-9-12(17)11(16)7-10(14)8-13(2)5-6-15/h7,9,15,17H,3-6,8H2,1-2H3. The number of aryl methyl sites for hydroxylation is 1. The maximum atomic E-state index is 11.4. The molecule has 0 saturated heterocycles. The molecule has 0 radical (unpaired) electrons. The minimum absolute atomic E-state index is 0.0899. The van der Waals surface area contributed by atoms with E-state index in [2.05, 4.69) is 0 Å². The van der Waals surface area contributed by atoms with Crippen molar-refractivity contribution in [3.8, 4) is 5.75 Å². The number of rotatable bonds is 6. The van der Waals surface area contributed by atoms with Gasteiger partial charge in [0.2, 0.25) is 5.43 Å². The molecule has 5 heteroatoms. The zero-order chi connectivity index (χ0) is 12.8. The summed E-state index contributed by atoms with van der Waals surface area (Å²) in [4.78, 5) is 13.3. The van der Waals surface area contributed by atoms with Crippen LogP contribution in [0.25, 0.3) is 0 Å². The maximum Gasteiger partial charge on any atom is 0.223 e. The lowest BCUT2D eigenvalue weighted by Gasteiger charge is -2.19. The molecule has 17 heavy (non-hydrogen) atoms. The summed E-state index contributed by atoms with van der Waals surface area (Å²) in [5.74, 6) is -0.216. The number of aromatic hydroxyl groups is 1. The number of aromatic nitrogens is 1. The predicted octanol–water partition coefficient (Wildman–Crippen LogP) is 0.388. The van der Waals surface area contributed by atoms with Crippen LogP contribution < -0.4 is 5.43 Å². The number of hydrogen-bond donors (Lipinski definition) is 2. The Labute approximate surface area is 101 Å². The highest BCUT2D eigenvalue weighted by Gasteiger charge is 2.07. The van der Waals surface area contributed by atoms with Crippen molar-refractivity contribution in [2.75, 3.05) is 20.2 Å². The average molecular weight is 240 g/mol. The fourth-order valence-corrected chi connectivity index (χ4v) is 1.71. The normalized spacial score (nSPS) is 11.1. The molecule has 0 saturated carbocycles. The van der Waals surface area contributed by atoms with Gasteiger partial charge in [-0.05, 0) is 13.5 Å². The molecule has 0 aliphatic heterocycles. The molecule has 0 amide bonds. The molecule has 0 spiro atoms. The number of likely N-dealkylation sites (N-methyl/N-ethyl adjacent to an activating group) is 1. The smallest absolute Gasteiger partial charge is 0.223 e. The van der Waals surface area contributed by atoms with E-state index in [9.17, 15) is 9.90 Å². The maximum absolute atomic E-state index is 11.4. The van der Waals surface area contributed by atoms with Gasteiger partial charge in [-0.15, -0.1) is 0 Å². The van der Waals surface area contributed by atoms with Gasteiger partial charge in [0.1, 0.15) is 0 Å². The first-order valence-electron chi connectivity index (χ1n) is 5.80. The van der Waals surface area contributed by atoms with Crippen LogP contribution in [0, 0.1) is 0 Å². The molecule has 0 aromatic carbocycles. The van der Waals surface area contributed by atoms with Gasteiger partial charge in [-0.1, -0.05) is 6.92 Å². The summed E-state index contributed by atoms with van der Waals surface area (Å²) in [6.07, 6.45) is 2.41. The van der Waals surface area contributed by atoms with Gasteiger partial charge >= 0.3 is 0 Å². The van der Waals surface area contributed by atoms with E-state index in [1.807, 2.05) is 23.4 Å². The SMILES string of the molecule is CCCn1cc(O)c(=O)cc1CN(C)CCO. The highest BCUT2D eigenvalue weighted by Crippen LogP contribution is 2.08. The first kappa shape index (κ1) is 13.7. The Kier molecular flexibility index (Phi) is 5.18. The third kappa shape index (κ3) is 3.87. The lowest BCUT2D eigenvalue weighted by atomic mass is 10.3. The van der Waals surface area contributed by atoms with Crippen molar-refractivity contribution in [1.82, 2.24) is 9.47 Å². The number of pyridine rings is 1. The molecule has 5 nitrogen and oxygen atoms in total. The number of nitrogens with zero attached hydrogens (tertiary/aromatic N) is 2. The second kappa shape index (κ2) is 6.42. The lowest BCUT2D eigenvalue weighted by Crippen LogP contribution is -2.25. The largest absolute Gasteiger partial charge is 0.503 e. The van der Waals surface area contributed by atoms with Crippen LogP contribution >= 0.6 is 0 Å².